The summed E-state index contributed by atoms with van der Waals surface area (Å²) in [6.45, 7) is 6.53. The van der Waals surface area contributed by atoms with Crippen LogP contribution in [-0.4, -0.2) is 75.0 Å². The maximum absolute atomic E-state index is 11.9. The van der Waals surface area contributed by atoms with Crippen LogP contribution in [0.3, 0.4) is 0 Å². The van der Waals surface area contributed by atoms with Crippen molar-refractivity contribution in [2.45, 2.75) is 58.3 Å². The van der Waals surface area contributed by atoms with Crippen molar-refractivity contribution in [3.63, 3.8) is 0 Å². The maximum atomic E-state index is 11.9. The van der Waals surface area contributed by atoms with Crippen LogP contribution < -0.4 is 10.9 Å². The highest BCUT2D eigenvalue weighted by Crippen LogP contribution is 2.26. The van der Waals surface area contributed by atoms with E-state index in [9.17, 15) is 18.3 Å². The fourth-order valence-corrected chi connectivity index (χ4v) is 2.93. The van der Waals surface area contributed by atoms with Crippen LogP contribution >= 0.6 is 0 Å². The normalized spacial score (nSPS) is 29.7. The molecule has 0 aromatic carbocycles. The molecular formula is C14H30N2O9S. The van der Waals surface area contributed by atoms with Crippen LogP contribution in [0, 0.1) is 5.41 Å². The molecular weight excluding hydrogens is 372 g/mol. The second-order valence-corrected chi connectivity index (χ2v) is 7.84. The number of methoxy groups -OCH3 is 1. The number of aliphatic hydroxyl groups is 1. The van der Waals surface area contributed by atoms with E-state index in [4.69, 9.17) is 23.5 Å². The van der Waals surface area contributed by atoms with Crippen LogP contribution in [0.2, 0.25) is 0 Å². The molecule has 1 rings (SSSR count). The molecule has 0 saturated carbocycles. The third kappa shape index (κ3) is 7.04. The minimum atomic E-state index is -4.63. The molecule has 0 bridgehead atoms. The summed E-state index contributed by atoms with van der Waals surface area (Å²) in [5, 5.41) is 10.4. The van der Waals surface area contributed by atoms with Gasteiger partial charge in [0, 0.05) is 13.7 Å². The van der Waals surface area contributed by atoms with Gasteiger partial charge in [0.15, 0.2) is 6.29 Å². The zero-order valence-electron chi connectivity index (χ0n) is 15.7. The molecule has 0 aromatic rings. The van der Waals surface area contributed by atoms with Crippen LogP contribution in [0.1, 0.15) is 27.7 Å². The number of carbonyl (C=O) groups excluding carboxylic acids is 1. The van der Waals surface area contributed by atoms with E-state index in [0.717, 1.165) is 0 Å². The smallest absolute Gasteiger partial charge is 0.333 e. The highest BCUT2D eigenvalue weighted by atomic mass is 32.2. The average molecular weight is 402 g/mol. The Balaban J connectivity index is 0.00000625. The molecule has 6 N–H and O–H groups in total. The highest BCUT2D eigenvalue weighted by Gasteiger charge is 2.48. The monoisotopic (exact) mass is 402 g/mol. The van der Waals surface area contributed by atoms with Crippen molar-refractivity contribution in [3.05, 3.63) is 0 Å². The van der Waals surface area contributed by atoms with Gasteiger partial charge in [-0.3, -0.25) is 9.35 Å². The van der Waals surface area contributed by atoms with E-state index in [2.05, 4.69) is 0 Å². The summed E-state index contributed by atoms with van der Waals surface area (Å²) in [6, 6.07) is -1.26. The van der Waals surface area contributed by atoms with Gasteiger partial charge >= 0.3 is 16.3 Å². The third-order valence-electron chi connectivity index (χ3n) is 3.55. The largest absolute Gasteiger partial charge is 0.462 e. The third-order valence-corrected chi connectivity index (χ3v) is 4.12. The number of rotatable bonds is 7. The van der Waals surface area contributed by atoms with Crippen LogP contribution in [0.5, 0.6) is 0 Å². The van der Waals surface area contributed by atoms with Gasteiger partial charge < -0.3 is 30.2 Å². The summed E-state index contributed by atoms with van der Waals surface area (Å²) < 4.78 is 54.6. The summed E-state index contributed by atoms with van der Waals surface area (Å²) in [5.41, 5.74) is -0.750. The summed E-state index contributed by atoms with van der Waals surface area (Å²) in [7, 11) is -3.31. The van der Waals surface area contributed by atoms with Gasteiger partial charge in [0.05, 0.1) is 11.5 Å². The lowest BCUT2D eigenvalue weighted by atomic mass is 9.96. The fourth-order valence-electron chi connectivity index (χ4n) is 2.31. The lowest BCUT2D eigenvalue weighted by Gasteiger charge is -2.43. The zero-order chi connectivity index (χ0) is 19.4. The number of ether oxygens (including phenoxy) is 4. The number of hydrogen-bond acceptors (Lipinski definition) is 9. The van der Waals surface area contributed by atoms with Gasteiger partial charge in [0.25, 0.3) is 0 Å². The van der Waals surface area contributed by atoms with E-state index in [1.54, 1.807) is 27.7 Å². The molecule has 0 amide bonds. The molecule has 1 fully saturated rings. The minimum absolute atomic E-state index is 0. The minimum Gasteiger partial charge on any atom is -0.462 e. The lowest BCUT2D eigenvalue weighted by molar-refractivity contribution is -0.279. The van der Waals surface area contributed by atoms with E-state index in [1.807, 2.05) is 4.72 Å². The fraction of sp³-hybridized carbons (Fsp3) is 0.929. The van der Waals surface area contributed by atoms with Crippen LogP contribution in [0.25, 0.3) is 0 Å². The standard InChI is InChI=1S/C14H27NO9S.H3N/c1-6-22-11-9(15-25(18,19)20)10(16)8(24-12(11)21-5)7-23-13(17)14(2,3)4;/h8-12,15-16H,6-7H2,1-5H3,(H,18,19,20);1H3/t8-,9+,10-,11+,12+;/m1./s1. The predicted molar refractivity (Wildman–Crippen MR) is 91.0 cm³/mol. The number of hydrogen-bond donors (Lipinski definition) is 4. The van der Waals surface area contributed by atoms with Crippen molar-refractivity contribution in [1.82, 2.24) is 10.9 Å². The van der Waals surface area contributed by atoms with Gasteiger partial charge in [-0.25, -0.2) is 0 Å². The number of esters is 1. The van der Waals surface area contributed by atoms with Gasteiger partial charge in [-0.2, -0.15) is 13.1 Å². The van der Waals surface area contributed by atoms with E-state index in [0.29, 0.717) is 0 Å². The summed E-state index contributed by atoms with van der Waals surface area (Å²) in [6.07, 6.45) is -4.58. The Bertz CT molecular complexity index is 549. The summed E-state index contributed by atoms with van der Waals surface area (Å²) in [5.74, 6) is -0.511. The molecule has 156 valence electrons. The van der Waals surface area contributed by atoms with E-state index < -0.39 is 52.3 Å². The first-order valence-electron chi connectivity index (χ1n) is 7.80. The van der Waals surface area contributed by atoms with Gasteiger partial charge in [-0.05, 0) is 27.7 Å². The Morgan fingerprint density at radius 1 is 1.31 bits per heavy atom. The van der Waals surface area contributed by atoms with E-state index in [1.165, 1.54) is 7.11 Å². The van der Waals surface area contributed by atoms with Crippen molar-refractivity contribution in [3.8, 4) is 0 Å². The molecule has 1 heterocycles. The van der Waals surface area contributed by atoms with Crippen LogP contribution in [-0.2, 0) is 34.0 Å². The van der Waals surface area contributed by atoms with Crippen LogP contribution in [0.15, 0.2) is 0 Å². The van der Waals surface area contributed by atoms with Crippen molar-refractivity contribution in [2.24, 2.45) is 5.41 Å². The molecule has 0 aromatic heterocycles. The topological polar surface area (TPSA) is 176 Å². The Kier molecular flexibility index (Phi) is 9.57. The molecule has 1 saturated heterocycles. The van der Waals surface area contributed by atoms with E-state index >= 15 is 0 Å². The molecule has 0 radical (unpaired) electrons. The second-order valence-electron chi connectivity index (χ2n) is 6.66. The van der Waals surface area contributed by atoms with Gasteiger partial charge in [0.2, 0.25) is 0 Å². The zero-order valence-corrected chi connectivity index (χ0v) is 16.5. The van der Waals surface area contributed by atoms with E-state index in [-0.39, 0.29) is 19.4 Å². The van der Waals surface area contributed by atoms with Crippen molar-refractivity contribution < 1.29 is 41.8 Å². The van der Waals surface area contributed by atoms with Crippen molar-refractivity contribution >= 4 is 16.3 Å². The lowest BCUT2D eigenvalue weighted by Crippen LogP contribution is -2.65. The number of aliphatic hydroxyl groups excluding tert-OH is 1. The Morgan fingerprint density at radius 3 is 2.31 bits per heavy atom. The van der Waals surface area contributed by atoms with Gasteiger partial charge in [0.1, 0.15) is 24.9 Å². The Morgan fingerprint density at radius 2 is 1.88 bits per heavy atom. The molecule has 12 heteroatoms. The van der Waals surface area contributed by atoms with Crippen molar-refractivity contribution in [1.29, 1.82) is 0 Å². The number of carbonyl (C=O) groups is 1. The molecule has 26 heavy (non-hydrogen) atoms. The molecule has 0 spiro atoms. The maximum Gasteiger partial charge on any atom is 0.333 e. The molecule has 0 unspecified atom stereocenters. The highest BCUT2D eigenvalue weighted by molar-refractivity contribution is 7.83. The quantitative estimate of drug-likeness (QED) is 0.325. The first-order chi connectivity index (χ1) is 11.4. The summed E-state index contributed by atoms with van der Waals surface area (Å²) in [4.78, 5) is 11.9. The molecule has 0 aliphatic carbocycles. The Hall–Kier alpha value is -0.860. The number of nitrogens with one attached hydrogen (secondary N) is 1. The Labute approximate surface area is 153 Å². The SMILES string of the molecule is CCO[C@@H]1[C@@H](OC)O[C@H](COC(=O)C(C)(C)C)[C@@H](O)[C@@H]1NS(=O)(=O)O.N. The summed E-state index contributed by atoms with van der Waals surface area (Å²) >= 11 is 0. The first kappa shape index (κ1) is 25.1. The molecule has 11 nitrogen and oxygen atoms in total. The van der Waals surface area contributed by atoms with Crippen molar-refractivity contribution in [2.75, 3.05) is 20.3 Å². The van der Waals surface area contributed by atoms with Crippen LogP contribution in [0.4, 0.5) is 0 Å². The molecule has 1 aliphatic heterocycles. The predicted octanol–water partition coefficient (Wildman–Crippen LogP) is -0.364. The molecule has 1 aliphatic rings. The van der Waals surface area contributed by atoms with Gasteiger partial charge in [-0.1, -0.05) is 0 Å². The average Bonchev–Trinajstić information content (AvgIpc) is 2.47. The first-order valence-corrected chi connectivity index (χ1v) is 9.24. The van der Waals surface area contributed by atoms with Gasteiger partial charge in [-0.15, -0.1) is 0 Å². The molecule has 5 atom stereocenters. The second kappa shape index (κ2) is 9.90.